The standard InChI is InChI=1S/C14H22N2O2/c1-2-18-13-7-5-10-16(14(13)17)11-8-12-6-3-4-9-15-12/h5,7,10,12,15H,2-4,6,8-9,11H2,1H3. The lowest BCUT2D eigenvalue weighted by Crippen LogP contribution is -2.35. The summed E-state index contributed by atoms with van der Waals surface area (Å²) < 4.78 is 7.07. The van der Waals surface area contributed by atoms with E-state index in [-0.39, 0.29) is 5.56 Å². The van der Waals surface area contributed by atoms with E-state index in [1.54, 1.807) is 10.6 Å². The van der Waals surface area contributed by atoms with Crippen LogP contribution in [0.4, 0.5) is 0 Å². The lowest BCUT2D eigenvalue weighted by Gasteiger charge is -2.23. The van der Waals surface area contributed by atoms with E-state index in [1.807, 2.05) is 19.2 Å². The van der Waals surface area contributed by atoms with E-state index in [2.05, 4.69) is 5.32 Å². The van der Waals surface area contributed by atoms with Crippen molar-refractivity contribution in [1.29, 1.82) is 0 Å². The monoisotopic (exact) mass is 250 g/mol. The van der Waals surface area contributed by atoms with Gasteiger partial charge in [0.25, 0.3) is 5.56 Å². The second kappa shape index (κ2) is 6.59. The normalized spacial score (nSPS) is 19.7. The number of rotatable bonds is 5. The maximum absolute atomic E-state index is 12.0. The summed E-state index contributed by atoms with van der Waals surface area (Å²) in [6, 6.07) is 4.17. The predicted octanol–water partition coefficient (Wildman–Crippen LogP) is 1.78. The number of hydrogen-bond acceptors (Lipinski definition) is 3. The zero-order chi connectivity index (χ0) is 12.8. The lowest BCUT2D eigenvalue weighted by atomic mass is 10.0. The highest BCUT2D eigenvalue weighted by molar-refractivity contribution is 5.17. The molecule has 1 atom stereocenters. The van der Waals surface area contributed by atoms with E-state index in [4.69, 9.17) is 4.74 Å². The Labute approximate surface area is 108 Å². The minimum absolute atomic E-state index is 0.0184. The average molecular weight is 250 g/mol. The summed E-state index contributed by atoms with van der Waals surface area (Å²) in [5.74, 6) is 0.455. The first-order valence-corrected chi connectivity index (χ1v) is 6.87. The number of nitrogens with zero attached hydrogens (tertiary/aromatic N) is 1. The van der Waals surface area contributed by atoms with E-state index in [9.17, 15) is 4.79 Å². The maximum atomic E-state index is 12.0. The van der Waals surface area contributed by atoms with Gasteiger partial charge in [0, 0.05) is 18.8 Å². The van der Waals surface area contributed by atoms with E-state index in [0.29, 0.717) is 18.4 Å². The van der Waals surface area contributed by atoms with Crippen molar-refractivity contribution >= 4 is 0 Å². The Balaban J connectivity index is 1.96. The summed E-state index contributed by atoms with van der Waals surface area (Å²) in [7, 11) is 0. The van der Waals surface area contributed by atoms with Gasteiger partial charge in [-0.15, -0.1) is 0 Å². The molecule has 1 N–H and O–H groups in total. The molecule has 1 aromatic rings. The van der Waals surface area contributed by atoms with Crippen molar-refractivity contribution in [2.24, 2.45) is 0 Å². The highest BCUT2D eigenvalue weighted by atomic mass is 16.5. The molecule has 0 aliphatic carbocycles. The van der Waals surface area contributed by atoms with Crippen LogP contribution < -0.4 is 15.6 Å². The predicted molar refractivity (Wildman–Crippen MR) is 72.1 cm³/mol. The number of nitrogens with one attached hydrogen (secondary N) is 1. The number of pyridine rings is 1. The number of aromatic nitrogens is 1. The second-order valence-corrected chi connectivity index (χ2v) is 4.74. The molecule has 0 spiro atoms. The molecule has 1 aliphatic rings. The van der Waals surface area contributed by atoms with Gasteiger partial charge >= 0.3 is 0 Å². The molecule has 1 unspecified atom stereocenters. The van der Waals surface area contributed by atoms with Gasteiger partial charge in [-0.25, -0.2) is 0 Å². The fourth-order valence-corrected chi connectivity index (χ4v) is 2.42. The highest BCUT2D eigenvalue weighted by Gasteiger charge is 2.12. The number of aryl methyl sites for hydroxylation is 1. The van der Waals surface area contributed by atoms with Crippen LogP contribution >= 0.6 is 0 Å². The minimum Gasteiger partial charge on any atom is -0.488 e. The first kappa shape index (κ1) is 13.1. The molecule has 1 saturated heterocycles. The Morgan fingerprint density at radius 3 is 3.11 bits per heavy atom. The number of ether oxygens (including phenoxy) is 1. The Bertz CT molecular complexity index is 422. The molecular weight excluding hydrogens is 228 g/mol. The van der Waals surface area contributed by atoms with E-state index in [1.165, 1.54) is 19.3 Å². The SMILES string of the molecule is CCOc1cccn(CCC2CCCCN2)c1=O. The summed E-state index contributed by atoms with van der Waals surface area (Å²) in [6.07, 6.45) is 6.64. The smallest absolute Gasteiger partial charge is 0.292 e. The molecule has 1 fully saturated rings. The van der Waals surface area contributed by atoms with Crippen LogP contribution in [0.3, 0.4) is 0 Å². The van der Waals surface area contributed by atoms with Crippen LogP contribution in [0, 0.1) is 0 Å². The maximum Gasteiger partial charge on any atom is 0.292 e. The molecule has 100 valence electrons. The Kier molecular flexibility index (Phi) is 4.81. The average Bonchev–Trinajstić information content (AvgIpc) is 2.41. The van der Waals surface area contributed by atoms with Gasteiger partial charge in [-0.2, -0.15) is 0 Å². The molecule has 4 heteroatoms. The highest BCUT2D eigenvalue weighted by Crippen LogP contribution is 2.11. The largest absolute Gasteiger partial charge is 0.488 e. The summed E-state index contributed by atoms with van der Waals surface area (Å²) in [4.78, 5) is 12.0. The van der Waals surface area contributed by atoms with Crippen LogP contribution in [-0.2, 0) is 6.54 Å². The van der Waals surface area contributed by atoms with Crippen LogP contribution in [0.15, 0.2) is 23.1 Å². The van der Waals surface area contributed by atoms with E-state index < -0.39 is 0 Å². The molecule has 18 heavy (non-hydrogen) atoms. The van der Waals surface area contributed by atoms with Gasteiger partial charge in [0.05, 0.1) is 6.61 Å². The zero-order valence-electron chi connectivity index (χ0n) is 11.0. The first-order valence-electron chi connectivity index (χ1n) is 6.87. The molecule has 4 nitrogen and oxygen atoms in total. The summed E-state index contributed by atoms with van der Waals surface area (Å²) in [5, 5.41) is 3.50. The van der Waals surface area contributed by atoms with Gasteiger partial charge in [-0.1, -0.05) is 6.42 Å². The van der Waals surface area contributed by atoms with Crippen molar-refractivity contribution in [2.75, 3.05) is 13.2 Å². The molecule has 0 aromatic carbocycles. The molecule has 0 radical (unpaired) electrons. The summed E-state index contributed by atoms with van der Waals surface area (Å²) >= 11 is 0. The summed E-state index contributed by atoms with van der Waals surface area (Å²) in [6.45, 7) is 4.29. The molecule has 0 amide bonds. The van der Waals surface area contributed by atoms with Crippen LogP contribution in [0.25, 0.3) is 0 Å². The van der Waals surface area contributed by atoms with E-state index in [0.717, 1.165) is 19.5 Å². The lowest BCUT2D eigenvalue weighted by molar-refractivity contribution is 0.328. The zero-order valence-corrected chi connectivity index (χ0v) is 11.0. The third-order valence-electron chi connectivity index (χ3n) is 3.42. The fraction of sp³-hybridized carbons (Fsp3) is 0.643. The van der Waals surface area contributed by atoms with Gasteiger partial charge in [-0.3, -0.25) is 4.79 Å². The van der Waals surface area contributed by atoms with Crippen molar-refractivity contribution < 1.29 is 4.74 Å². The van der Waals surface area contributed by atoms with Gasteiger partial charge < -0.3 is 14.6 Å². The van der Waals surface area contributed by atoms with Crippen LogP contribution in [0.2, 0.25) is 0 Å². The number of piperidine rings is 1. The Morgan fingerprint density at radius 2 is 2.39 bits per heavy atom. The summed E-state index contributed by atoms with van der Waals surface area (Å²) in [5.41, 5.74) is -0.0184. The van der Waals surface area contributed by atoms with Gasteiger partial charge in [0.15, 0.2) is 5.75 Å². The van der Waals surface area contributed by atoms with Crippen LogP contribution in [-0.4, -0.2) is 23.8 Å². The first-order chi connectivity index (χ1) is 8.81. The topological polar surface area (TPSA) is 43.3 Å². The van der Waals surface area contributed by atoms with Gasteiger partial charge in [0.2, 0.25) is 0 Å². The third kappa shape index (κ3) is 3.35. The molecule has 1 aromatic heterocycles. The third-order valence-corrected chi connectivity index (χ3v) is 3.42. The van der Waals surface area contributed by atoms with Crippen LogP contribution in [0.5, 0.6) is 5.75 Å². The molecule has 0 saturated carbocycles. The quantitative estimate of drug-likeness (QED) is 0.866. The number of hydrogen-bond donors (Lipinski definition) is 1. The Morgan fingerprint density at radius 1 is 1.50 bits per heavy atom. The second-order valence-electron chi connectivity index (χ2n) is 4.74. The van der Waals surface area contributed by atoms with Crippen molar-refractivity contribution in [3.63, 3.8) is 0 Å². The van der Waals surface area contributed by atoms with Crippen molar-refractivity contribution in [2.45, 2.75) is 45.2 Å². The Hall–Kier alpha value is -1.29. The van der Waals surface area contributed by atoms with E-state index >= 15 is 0 Å². The van der Waals surface area contributed by atoms with Gasteiger partial charge in [-0.05, 0) is 44.9 Å². The van der Waals surface area contributed by atoms with Gasteiger partial charge in [0.1, 0.15) is 0 Å². The van der Waals surface area contributed by atoms with Crippen molar-refractivity contribution in [3.8, 4) is 5.75 Å². The molecular formula is C14H22N2O2. The van der Waals surface area contributed by atoms with Crippen molar-refractivity contribution in [3.05, 3.63) is 28.7 Å². The minimum atomic E-state index is -0.0184. The molecule has 2 rings (SSSR count). The van der Waals surface area contributed by atoms with Crippen LogP contribution in [0.1, 0.15) is 32.6 Å². The molecule has 0 bridgehead atoms. The van der Waals surface area contributed by atoms with Crippen molar-refractivity contribution in [1.82, 2.24) is 9.88 Å². The molecule has 2 heterocycles. The molecule has 1 aliphatic heterocycles. The fourth-order valence-electron chi connectivity index (χ4n) is 2.42.